The molecule has 0 spiro atoms. The topological polar surface area (TPSA) is 92.8 Å². The maximum atomic E-state index is 10.8. The number of rotatable bonds is 4. The van der Waals surface area contributed by atoms with Crippen LogP contribution in [-0.2, 0) is 0 Å². The molecule has 0 saturated carbocycles. The number of nitrogen functional groups attached to an aromatic ring is 1. The van der Waals surface area contributed by atoms with E-state index in [1.54, 1.807) is 13.0 Å². The standard InChI is InChI=1S/C10H13NO4/c1-6(12)5-15-9-7(10(13)14)3-2-4-8(9)11/h2-4,6,12H,5,11H2,1H3,(H,13,14). The van der Waals surface area contributed by atoms with E-state index in [4.69, 9.17) is 20.7 Å². The zero-order chi connectivity index (χ0) is 11.4. The number of nitrogens with two attached hydrogens (primary N) is 1. The first-order chi connectivity index (χ1) is 7.02. The van der Waals surface area contributed by atoms with Gasteiger partial charge in [-0.1, -0.05) is 6.07 Å². The third-order valence-electron chi connectivity index (χ3n) is 1.74. The molecule has 1 aromatic rings. The summed E-state index contributed by atoms with van der Waals surface area (Å²) >= 11 is 0. The molecule has 0 radical (unpaired) electrons. The van der Waals surface area contributed by atoms with Crippen LogP contribution in [-0.4, -0.2) is 28.9 Å². The Hall–Kier alpha value is -1.75. The molecular weight excluding hydrogens is 198 g/mol. The molecule has 15 heavy (non-hydrogen) atoms. The first-order valence-corrected chi connectivity index (χ1v) is 4.45. The van der Waals surface area contributed by atoms with Gasteiger partial charge >= 0.3 is 5.97 Å². The number of para-hydroxylation sites is 1. The summed E-state index contributed by atoms with van der Waals surface area (Å²) in [5, 5.41) is 17.9. The Labute approximate surface area is 87.1 Å². The molecule has 1 atom stereocenters. The summed E-state index contributed by atoms with van der Waals surface area (Å²) in [4.78, 5) is 10.8. The van der Waals surface area contributed by atoms with Crippen molar-refractivity contribution in [2.75, 3.05) is 12.3 Å². The van der Waals surface area contributed by atoms with Gasteiger partial charge in [0.1, 0.15) is 12.2 Å². The smallest absolute Gasteiger partial charge is 0.339 e. The van der Waals surface area contributed by atoms with E-state index in [0.717, 1.165) is 0 Å². The number of ether oxygens (including phenoxy) is 1. The number of anilines is 1. The van der Waals surface area contributed by atoms with Crippen LogP contribution in [0.3, 0.4) is 0 Å². The molecule has 0 heterocycles. The van der Waals surface area contributed by atoms with Gasteiger partial charge in [-0.2, -0.15) is 0 Å². The summed E-state index contributed by atoms with van der Waals surface area (Å²) in [6.45, 7) is 1.55. The molecule has 5 nitrogen and oxygen atoms in total. The lowest BCUT2D eigenvalue weighted by Gasteiger charge is -2.12. The van der Waals surface area contributed by atoms with E-state index in [1.165, 1.54) is 12.1 Å². The van der Waals surface area contributed by atoms with E-state index in [-0.39, 0.29) is 23.6 Å². The fraction of sp³-hybridized carbons (Fsp3) is 0.300. The van der Waals surface area contributed by atoms with E-state index < -0.39 is 12.1 Å². The van der Waals surface area contributed by atoms with Gasteiger partial charge in [-0.05, 0) is 19.1 Å². The quantitative estimate of drug-likeness (QED) is 0.638. The average Bonchev–Trinajstić information content (AvgIpc) is 2.15. The second-order valence-corrected chi connectivity index (χ2v) is 3.19. The fourth-order valence-electron chi connectivity index (χ4n) is 1.09. The van der Waals surface area contributed by atoms with Crippen molar-refractivity contribution in [2.24, 2.45) is 0 Å². The summed E-state index contributed by atoms with van der Waals surface area (Å²) in [6, 6.07) is 4.48. The summed E-state index contributed by atoms with van der Waals surface area (Å²) in [5.41, 5.74) is 5.82. The first kappa shape index (κ1) is 11.3. The van der Waals surface area contributed by atoms with Gasteiger partial charge in [0.05, 0.1) is 11.8 Å². The van der Waals surface area contributed by atoms with Gasteiger partial charge in [0.15, 0.2) is 5.75 Å². The molecule has 4 N–H and O–H groups in total. The zero-order valence-electron chi connectivity index (χ0n) is 8.30. The number of aromatic carboxylic acids is 1. The van der Waals surface area contributed by atoms with Gasteiger partial charge in [-0.15, -0.1) is 0 Å². The van der Waals surface area contributed by atoms with Crippen molar-refractivity contribution < 1.29 is 19.7 Å². The van der Waals surface area contributed by atoms with Crippen LogP contribution in [0, 0.1) is 0 Å². The van der Waals surface area contributed by atoms with Crippen molar-refractivity contribution in [3.8, 4) is 5.75 Å². The van der Waals surface area contributed by atoms with Gasteiger partial charge < -0.3 is 20.7 Å². The van der Waals surface area contributed by atoms with Gasteiger partial charge in [0, 0.05) is 0 Å². The van der Waals surface area contributed by atoms with Crippen LogP contribution in [0.15, 0.2) is 18.2 Å². The molecular formula is C10H13NO4. The third kappa shape index (κ3) is 2.85. The molecule has 0 aliphatic rings. The molecule has 1 rings (SSSR count). The summed E-state index contributed by atoms with van der Waals surface area (Å²) in [6.07, 6.45) is -0.675. The minimum atomic E-state index is -1.11. The van der Waals surface area contributed by atoms with Crippen LogP contribution in [0.2, 0.25) is 0 Å². The number of carboxylic acids is 1. The number of aliphatic hydroxyl groups excluding tert-OH is 1. The lowest BCUT2D eigenvalue weighted by Crippen LogP contribution is -2.15. The number of hydrogen-bond acceptors (Lipinski definition) is 4. The molecule has 0 aliphatic heterocycles. The van der Waals surface area contributed by atoms with Crippen molar-refractivity contribution in [3.63, 3.8) is 0 Å². The Bertz CT molecular complexity index is 362. The lowest BCUT2D eigenvalue weighted by molar-refractivity contribution is 0.0686. The van der Waals surface area contributed by atoms with Gasteiger partial charge in [-0.3, -0.25) is 0 Å². The van der Waals surface area contributed by atoms with Crippen molar-refractivity contribution in [1.29, 1.82) is 0 Å². The van der Waals surface area contributed by atoms with Crippen molar-refractivity contribution in [3.05, 3.63) is 23.8 Å². The van der Waals surface area contributed by atoms with E-state index in [0.29, 0.717) is 0 Å². The number of benzene rings is 1. The SMILES string of the molecule is CC(O)COc1c(N)cccc1C(=O)O. The fourth-order valence-corrected chi connectivity index (χ4v) is 1.09. The van der Waals surface area contributed by atoms with Crippen LogP contribution >= 0.6 is 0 Å². The van der Waals surface area contributed by atoms with E-state index in [1.807, 2.05) is 0 Å². The molecule has 0 amide bonds. The molecule has 0 fully saturated rings. The molecule has 0 aromatic heterocycles. The number of aliphatic hydroxyl groups is 1. The Morgan fingerprint density at radius 2 is 2.27 bits per heavy atom. The lowest BCUT2D eigenvalue weighted by atomic mass is 10.2. The van der Waals surface area contributed by atoms with Crippen LogP contribution in [0.1, 0.15) is 17.3 Å². The molecule has 0 bridgehead atoms. The summed E-state index contributed by atoms with van der Waals surface area (Å²) in [5.74, 6) is -1.01. The van der Waals surface area contributed by atoms with Crippen LogP contribution in [0.25, 0.3) is 0 Å². The first-order valence-electron chi connectivity index (χ1n) is 4.45. The maximum absolute atomic E-state index is 10.8. The predicted octanol–water partition coefficient (Wildman–Crippen LogP) is 0.727. The zero-order valence-corrected chi connectivity index (χ0v) is 8.30. The molecule has 5 heteroatoms. The minimum absolute atomic E-state index is 0.00403. The minimum Gasteiger partial charge on any atom is -0.488 e. The largest absolute Gasteiger partial charge is 0.488 e. The highest BCUT2D eigenvalue weighted by Crippen LogP contribution is 2.26. The Morgan fingerprint density at radius 1 is 1.60 bits per heavy atom. The Morgan fingerprint density at radius 3 is 2.80 bits per heavy atom. The Balaban J connectivity index is 2.97. The van der Waals surface area contributed by atoms with Gasteiger partial charge in [0.2, 0.25) is 0 Å². The van der Waals surface area contributed by atoms with E-state index in [2.05, 4.69) is 0 Å². The summed E-state index contributed by atoms with van der Waals surface area (Å²) in [7, 11) is 0. The highest BCUT2D eigenvalue weighted by atomic mass is 16.5. The highest BCUT2D eigenvalue weighted by Gasteiger charge is 2.14. The average molecular weight is 211 g/mol. The normalized spacial score (nSPS) is 12.1. The van der Waals surface area contributed by atoms with E-state index in [9.17, 15) is 4.79 Å². The highest BCUT2D eigenvalue weighted by molar-refractivity contribution is 5.93. The molecule has 0 aliphatic carbocycles. The predicted molar refractivity (Wildman–Crippen MR) is 55.0 cm³/mol. The van der Waals surface area contributed by atoms with E-state index >= 15 is 0 Å². The molecule has 0 saturated heterocycles. The van der Waals surface area contributed by atoms with Crippen molar-refractivity contribution >= 4 is 11.7 Å². The van der Waals surface area contributed by atoms with Crippen molar-refractivity contribution in [2.45, 2.75) is 13.0 Å². The van der Waals surface area contributed by atoms with Crippen molar-refractivity contribution in [1.82, 2.24) is 0 Å². The van der Waals surface area contributed by atoms with Gasteiger partial charge in [-0.25, -0.2) is 4.79 Å². The molecule has 1 aromatic carbocycles. The van der Waals surface area contributed by atoms with Gasteiger partial charge in [0.25, 0.3) is 0 Å². The number of carbonyl (C=O) groups is 1. The Kier molecular flexibility index (Phi) is 3.51. The third-order valence-corrected chi connectivity index (χ3v) is 1.74. The summed E-state index contributed by atoms with van der Waals surface area (Å²) < 4.78 is 5.13. The molecule has 82 valence electrons. The number of hydrogen-bond donors (Lipinski definition) is 3. The van der Waals surface area contributed by atoms with Crippen LogP contribution < -0.4 is 10.5 Å². The molecule has 1 unspecified atom stereocenters. The maximum Gasteiger partial charge on any atom is 0.339 e. The number of carboxylic acid groups (broad SMARTS) is 1. The van der Waals surface area contributed by atoms with Crippen LogP contribution in [0.5, 0.6) is 5.75 Å². The van der Waals surface area contributed by atoms with Crippen LogP contribution in [0.4, 0.5) is 5.69 Å². The second-order valence-electron chi connectivity index (χ2n) is 3.19. The second kappa shape index (κ2) is 4.65. The monoisotopic (exact) mass is 211 g/mol.